The van der Waals surface area contributed by atoms with Gasteiger partial charge in [-0.1, -0.05) is 42.1 Å². The molecule has 10 heteroatoms. The zero-order chi connectivity index (χ0) is 26.3. The minimum absolute atomic E-state index is 0.0198. The first-order valence-electron chi connectivity index (χ1n) is 12.0. The van der Waals surface area contributed by atoms with Crippen LogP contribution in [0.3, 0.4) is 0 Å². The molecule has 0 saturated carbocycles. The van der Waals surface area contributed by atoms with E-state index in [9.17, 15) is 23.1 Å². The summed E-state index contributed by atoms with van der Waals surface area (Å²) in [5, 5.41) is 11.8. The van der Waals surface area contributed by atoms with Gasteiger partial charge in [-0.05, 0) is 67.3 Å². The van der Waals surface area contributed by atoms with Crippen molar-refractivity contribution in [2.24, 2.45) is 5.92 Å². The molecule has 0 aromatic heterocycles. The predicted molar refractivity (Wildman–Crippen MR) is 143 cm³/mol. The molecule has 1 saturated heterocycles. The van der Waals surface area contributed by atoms with Gasteiger partial charge in [0.25, 0.3) is 15.9 Å². The molecule has 4 rings (SSSR count). The molecule has 8 nitrogen and oxygen atoms in total. The third-order valence-corrected chi connectivity index (χ3v) is 8.62. The maximum atomic E-state index is 13.0. The number of para-hydroxylation sites is 1. The van der Waals surface area contributed by atoms with E-state index >= 15 is 0 Å². The van der Waals surface area contributed by atoms with Crippen LogP contribution in [0.2, 0.25) is 0 Å². The summed E-state index contributed by atoms with van der Waals surface area (Å²) >= 11 is 1.45. The Morgan fingerprint density at radius 2 is 1.57 bits per heavy atom. The minimum Gasteiger partial charge on any atom is -0.396 e. The van der Waals surface area contributed by atoms with Gasteiger partial charge in [0, 0.05) is 35.1 Å². The second-order valence-electron chi connectivity index (χ2n) is 8.73. The highest BCUT2D eigenvalue weighted by atomic mass is 32.2. The second-order valence-corrected chi connectivity index (χ2v) is 11.5. The van der Waals surface area contributed by atoms with Crippen molar-refractivity contribution in [3.8, 4) is 0 Å². The monoisotopic (exact) mass is 539 g/mol. The minimum atomic E-state index is -3.89. The Labute approximate surface area is 221 Å². The van der Waals surface area contributed by atoms with Crippen molar-refractivity contribution in [2.45, 2.75) is 27.5 Å². The molecule has 1 aliphatic rings. The van der Waals surface area contributed by atoms with Crippen molar-refractivity contribution in [2.75, 3.05) is 31.0 Å². The van der Waals surface area contributed by atoms with Gasteiger partial charge in [-0.2, -0.15) is 0 Å². The topological polar surface area (TPSA) is 116 Å². The van der Waals surface area contributed by atoms with Crippen LogP contribution < -0.4 is 10.0 Å². The summed E-state index contributed by atoms with van der Waals surface area (Å²) in [5.74, 6) is -0.417. The summed E-state index contributed by atoms with van der Waals surface area (Å²) in [6.45, 7) is 1.11. The number of anilines is 1. The van der Waals surface area contributed by atoms with E-state index in [1.807, 2.05) is 42.5 Å². The lowest BCUT2D eigenvalue weighted by Crippen LogP contribution is -2.44. The largest absolute Gasteiger partial charge is 0.396 e. The Morgan fingerprint density at radius 1 is 0.919 bits per heavy atom. The Balaban J connectivity index is 1.36. The van der Waals surface area contributed by atoms with Crippen LogP contribution in [0.15, 0.2) is 93.5 Å². The van der Waals surface area contributed by atoms with Gasteiger partial charge in [0.1, 0.15) is 0 Å². The summed E-state index contributed by atoms with van der Waals surface area (Å²) in [7, 11) is -3.89. The molecule has 3 aromatic rings. The Kier molecular flexibility index (Phi) is 8.86. The second kappa shape index (κ2) is 12.3. The highest BCUT2D eigenvalue weighted by Crippen LogP contribution is 2.34. The van der Waals surface area contributed by atoms with E-state index < -0.39 is 15.9 Å². The number of aliphatic hydroxyl groups is 1. The molecule has 0 spiro atoms. The van der Waals surface area contributed by atoms with Crippen molar-refractivity contribution in [1.82, 2.24) is 10.2 Å². The average Bonchev–Trinajstić information content (AvgIpc) is 2.93. The first-order chi connectivity index (χ1) is 17.9. The summed E-state index contributed by atoms with van der Waals surface area (Å²) in [5.41, 5.74) is 0.713. The van der Waals surface area contributed by atoms with Crippen molar-refractivity contribution in [1.29, 1.82) is 0 Å². The van der Waals surface area contributed by atoms with Crippen LogP contribution >= 0.6 is 11.8 Å². The number of rotatable bonds is 9. The number of carbonyl (C=O) groups excluding carboxylic acids is 2. The van der Waals surface area contributed by atoms with Gasteiger partial charge >= 0.3 is 0 Å². The summed E-state index contributed by atoms with van der Waals surface area (Å²) < 4.78 is 28.7. The fourth-order valence-electron chi connectivity index (χ4n) is 3.98. The number of amides is 2. The Morgan fingerprint density at radius 3 is 2.24 bits per heavy atom. The van der Waals surface area contributed by atoms with Crippen LogP contribution in [0.25, 0.3) is 0 Å². The number of nitrogens with zero attached hydrogens (tertiary/aromatic N) is 1. The van der Waals surface area contributed by atoms with Crippen molar-refractivity contribution in [3.05, 3.63) is 84.4 Å². The molecular weight excluding hydrogens is 510 g/mol. The van der Waals surface area contributed by atoms with E-state index in [-0.39, 0.29) is 35.4 Å². The molecule has 0 bridgehead atoms. The van der Waals surface area contributed by atoms with E-state index in [1.54, 1.807) is 17.0 Å². The van der Waals surface area contributed by atoms with Crippen LogP contribution in [0.1, 0.15) is 23.2 Å². The lowest BCUT2D eigenvalue weighted by atomic mass is 9.98. The molecule has 37 heavy (non-hydrogen) atoms. The molecule has 194 valence electrons. The molecule has 3 aromatic carbocycles. The molecule has 0 aliphatic carbocycles. The smallest absolute Gasteiger partial charge is 0.261 e. The molecular formula is C27H29N3O5S2. The van der Waals surface area contributed by atoms with E-state index in [1.165, 1.54) is 36.0 Å². The number of benzene rings is 3. The van der Waals surface area contributed by atoms with E-state index in [0.717, 1.165) is 22.6 Å². The van der Waals surface area contributed by atoms with Crippen LogP contribution in [-0.4, -0.2) is 56.5 Å². The third-order valence-electron chi connectivity index (χ3n) is 6.15. The first-order valence-corrected chi connectivity index (χ1v) is 14.3. The lowest BCUT2D eigenvalue weighted by molar-refractivity contribution is -0.131. The van der Waals surface area contributed by atoms with E-state index in [0.29, 0.717) is 18.8 Å². The number of piperidine rings is 1. The fraction of sp³-hybridized carbons (Fsp3) is 0.259. The van der Waals surface area contributed by atoms with Gasteiger partial charge < -0.3 is 15.3 Å². The summed E-state index contributed by atoms with van der Waals surface area (Å²) in [4.78, 5) is 28.4. The number of hydrogen-bond donors (Lipinski definition) is 3. The summed E-state index contributed by atoms with van der Waals surface area (Å²) in [6, 6.07) is 22.4. The van der Waals surface area contributed by atoms with E-state index in [2.05, 4.69) is 10.0 Å². The molecule has 0 atom stereocenters. The molecule has 1 fully saturated rings. The molecule has 1 aliphatic heterocycles. The van der Waals surface area contributed by atoms with Gasteiger partial charge in [0.05, 0.1) is 17.1 Å². The van der Waals surface area contributed by atoms with Crippen LogP contribution in [0.4, 0.5) is 5.69 Å². The normalized spacial score (nSPS) is 14.2. The number of nitrogens with one attached hydrogen (secondary N) is 2. The van der Waals surface area contributed by atoms with Gasteiger partial charge in [0.2, 0.25) is 5.91 Å². The van der Waals surface area contributed by atoms with Gasteiger partial charge in [-0.15, -0.1) is 0 Å². The number of likely N-dealkylation sites (tertiary alicyclic amines) is 1. The first kappa shape index (κ1) is 26.7. The zero-order valence-corrected chi connectivity index (χ0v) is 21.8. The van der Waals surface area contributed by atoms with Crippen molar-refractivity contribution >= 4 is 39.3 Å². The quantitative estimate of drug-likeness (QED) is 0.383. The highest BCUT2D eigenvalue weighted by molar-refractivity contribution is 7.99. The molecule has 1 heterocycles. The van der Waals surface area contributed by atoms with Gasteiger partial charge in [-0.25, -0.2) is 8.42 Å². The van der Waals surface area contributed by atoms with Crippen LogP contribution in [0, 0.1) is 5.92 Å². The Bertz CT molecular complexity index is 1320. The standard InChI is InChI=1S/C27H29N3O5S2/c31-19-20-14-16-30(17-15-20)26(32)18-28-27(33)21-10-12-23(13-11-21)37(34,35)29-24-8-4-5-9-25(24)36-22-6-2-1-3-7-22/h1-13,20,29,31H,14-19H2,(H,28,33). The number of aliphatic hydroxyl groups excluding tert-OH is 1. The number of carbonyl (C=O) groups is 2. The number of sulfonamides is 1. The Hall–Kier alpha value is -3.34. The SMILES string of the molecule is O=C(NCC(=O)N1CCC(CO)CC1)c1ccc(S(=O)(=O)Nc2ccccc2Sc2ccccc2)cc1. The predicted octanol–water partition coefficient (Wildman–Crippen LogP) is 3.60. The number of hydrogen-bond acceptors (Lipinski definition) is 6. The van der Waals surface area contributed by atoms with Gasteiger partial charge in [0.15, 0.2) is 0 Å². The average molecular weight is 540 g/mol. The third kappa shape index (κ3) is 7.12. The van der Waals surface area contributed by atoms with Crippen molar-refractivity contribution < 1.29 is 23.1 Å². The molecule has 0 radical (unpaired) electrons. The van der Waals surface area contributed by atoms with Crippen molar-refractivity contribution in [3.63, 3.8) is 0 Å². The maximum absolute atomic E-state index is 13.0. The van der Waals surface area contributed by atoms with Gasteiger partial charge in [-0.3, -0.25) is 14.3 Å². The van der Waals surface area contributed by atoms with Crippen LogP contribution in [-0.2, 0) is 14.8 Å². The maximum Gasteiger partial charge on any atom is 0.261 e. The molecule has 0 unspecified atom stereocenters. The molecule has 2 amide bonds. The van der Waals surface area contributed by atoms with Crippen LogP contribution in [0.5, 0.6) is 0 Å². The molecule has 3 N–H and O–H groups in total. The zero-order valence-electron chi connectivity index (χ0n) is 20.2. The summed E-state index contributed by atoms with van der Waals surface area (Å²) in [6.07, 6.45) is 1.49. The fourth-order valence-corrected chi connectivity index (χ4v) is 6.05. The lowest BCUT2D eigenvalue weighted by Gasteiger charge is -2.31. The van der Waals surface area contributed by atoms with E-state index in [4.69, 9.17) is 0 Å². The highest BCUT2D eigenvalue weighted by Gasteiger charge is 2.23.